The van der Waals surface area contributed by atoms with E-state index in [4.69, 9.17) is 9.26 Å². The molecule has 0 unspecified atom stereocenters. The number of carbonyl (C=O) groups excluding carboxylic acids is 2. The van der Waals surface area contributed by atoms with E-state index >= 15 is 0 Å². The van der Waals surface area contributed by atoms with Gasteiger partial charge >= 0.3 is 5.97 Å². The van der Waals surface area contributed by atoms with Gasteiger partial charge in [-0.05, 0) is 38.8 Å². The van der Waals surface area contributed by atoms with Crippen LogP contribution in [0.15, 0.2) is 33.7 Å². The highest BCUT2D eigenvalue weighted by atomic mass is 32.2. The number of nitrogens with zero attached hydrogens (tertiary/aromatic N) is 1. The third-order valence-corrected chi connectivity index (χ3v) is 5.45. The normalized spacial score (nSPS) is 10.9. The van der Waals surface area contributed by atoms with Crippen LogP contribution >= 0.6 is 11.8 Å². The van der Waals surface area contributed by atoms with Crippen molar-refractivity contribution >= 4 is 23.6 Å². The van der Waals surface area contributed by atoms with Crippen LogP contribution in [0.25, 0.3) is 0 Å². The van der Waals surface area contributed by atoms with E-state index in [0.29, 0.717) is 11.3 Å². The molecule has 0 spiro atoms. The molecule has 1 N–H and O–H groups in total. The number of aryl methyl sites for hydroxylation is 2. The molecule has 27 heavy (non-hydrogen) atoms. The highest BCUT2D eigenvalue weighted by molar-refractivity contribution is 7.98. The predicted octanol–water partition coefficient (Wildman–Crippen LogP) is 4.05. The summed E-state index contributed by atoms with van der Waals surface area (Å²) < 4.78 is 10.4. The molecule has 0 aliphatic carbocycles. The first-order chi connectivity index (χ1) is 13.0. The second-order valence-electron chi connectivity index (χ2n) is 6.24. The Morgan fingerprint density at radius 1 is 1.22 bits per heavy atom. The number of rotatable bonds is 9. The number of ether oxygens (including phenoxy) is 1. The zero-order valence-corrected chi connectivity index (χ0v) is 17.0. The fraction of sp³-hybridized carbons (Fsp3) is 0.450. The first-order valence-corrected chi connectivity index (χ1v) is 10.0. The molecule has 0 aliphatic rings. The van der Waals surface area contributed by atoms with Crippen molar-refractivity contribution < 1.29 is 18.8 Å². The summed E-state index contributed by atoms with van der Waals surface area (Å²) in [4.78, 5) is 25.2. The van der Waals surface area contributed by atoms with Gasteiger partial charge in [0.2, 0.25) is 0 Å². The summed E-state index contributed by atoms with van der Waals surface area (Å²) in [5, 5.41) is 6.80. The number of aromatic nitrogens is 1. The molecule has 146 valence electrons. The van der Waals surface area contributed by atoms with Crippen molar-refractivity contribution in [3.63, 3.8) is 0 Å². The molecular formula is C20H26N2O4S. The van der Waals surface area contributed by atoms with E-state index < -0.39 is 5.97 Å². The fourth-order valence-electron chi connectivity index (χ4n) is 2.59. The number of carbonyl (C=O) groups is 2. The summed E-state index contributed by atoms with van der Waals surface area (Å²) in [5.74, 6) is 0.633. The number of hydrogen-bond acceptors (Lipinski definition) is 6. The van der Waals surface area contributed by atoms with Crippen molar-refractivity contribution in [2.45, 2.75) is 57.2 Å². The lowest BCUT2D eigenvalue weighted by Crippen LogP contribution is -2.36. The molecule has 6 nitrogen and oxygen atoms in total. The van der Waals surface area contributed by atoms with E-state index in [1.807, 2.05) is 39.8 Å². The first-order valence-electron chi connectivity index (χ1n) is 9.06. The summed E-state index contributed by atoms with van der Waals surface area (Å²) in [5.41, 5.74) is 2.32. The molecule has 0 fully saturated rings. The molecule has 7 heteroatoms. The summed E-state index contributed by atoms with van der Waals surface area (Å²) in [7, 11) is 0. The third kappa shape index (κ3) is 5.85. The highest BCUT2D eigenvalue weighted by Crippen LogP contribution is 2.29. The Morgan fingerprint density at radius 3 is 2.56 bits per heavy atom. The Kier molecular flexibility index (Phi) is 7.91. The summed E-state index contributed by atoms with van der Waals surface area (Å²) in [6, 6.07) is 7.32. The van der Waals surface area contributed by atoms with Crippen LogP contribution in [0.3, 0.4) is 0 Å². The zero-order chi connectivity index (χ0) is 19.8. The minimum absolute atomic E-state index is 0.106. The summed E-state index contributed by atoms with van der Waals surface area (Å²) >= 11 is 1.51. The standard InChI is InChI=1S/C20H26N2O4S/c1-5-15(6-2)21-19(23)11-25-20(24)16-9-7-8-10-18(16)27-12-17-13(3)22-26-14(17)4/h7-10,15H,5-6,11-12H2,1-4H3,(H,21,23). The van der Waals surface area contributed by atoms with E-state index in [1.54, 1.807) is 12.1 Å². The van der Waals surface area contributed by atoms with E-state index in [-0.39, 0.29) is 18.6 Å². The van der Waals surface area contributed by atoms with Crippen molar-refractivity contribution in [3.8, 4) is 0 Å². The Balaban J connectivity index is 1.97. The molecule has 1 aromatic carbocycles. The van der Waals surface area contributed by atoms with Gasteiger partial charge in [-0.2, -0.15) is 0 Å². The molecule has 2 rings (SSSR count). The van der Waals surface area contributed by atoms with Gasteiger partial charge < -0.3 is 14.6 Å². The fourth-order valence-corrected chi connectivity index (χ4v) is 3.78. The maximum atomic E-state index is 12.4. The number of benzene rings is 1. The molecule has 1 aromatic heterocycles. The number of thioether (sulfide) groups is 1. The Hall–Kier alpha value is -2.28. The lowest BCUT2D eigenvalue weighted by molar-refractivity contribution is -0.125. The molecule has 1 heterocycles. The molecule has 0 atom stereocenters. The van der Waals surface area contributed by atoms with Gasteiger partial charge in [-0.1, -0.05) is 31.1 Å². The number of esters is 1. The van der Waals surface area contributed by atoms with Crippen LogP contribution in [0.1, 0.15) is 54.1 Å². The van der Waals surface area contributed by atoms with Gasteiger partial charge in [-0.15, -0.1) is 11.8 Å². The van der Waals surface area contributed by atoms with Crippen LogP contribution < -0.4 is 5.32 Å². The maximum absolute atomic E-state index is 12.4. The van der Waals surface area contributed by atoms with E-state index in [1.165, 1.54) is 11.8 Å². The molecule has 0 saturated heterocycles. The largest absolute Gasteiger partial charge is 0.452 e. The molecule has 0 aliphatic heterocycles. The average molecular weight is 391 g/mol. The second kappa shape index (κ2) is 10.2. The van der Waals surface area contributed by atoms with Crippen LogP contribution in [0.4, 0.5) is 0 Å². The van der Waals surface area contributed by atoms with Crippen molar-refractivity contribution in [3.05, 3.63) is 46.8 Å². The van der Waals surface area contributed by atoms with Gasteiger partial charge in [0.25, 0.3) is 5.91 Å². The van der Waals surface area contributed by atoms with E-state index in [2.05, 4.69) is 10.5 Å². The van der Waals surface area contributed by atoms with Gasteiger partial charge in [-0.25, -0.2) is 4.79 Å². The number of nitrogens with one attached hydrogen (secondary N) is 1. The third-order valence-electron chi connectivity index (χ3n) is 4.35. The Bertz CT molecular complexity index is 765. The number of amides is 1. The van der Waals surface area contributed by atoms with Crippen molar-refractivity contribution in [1.29, 1.82) is 0 Å². The maximum Gasteiger partial charge on any atom is 0.339 e. The molecular weight excluding hydrogens is 364 g/mol. The van der Waals surface area contributed by atoms with Crippen LogP contribution in [0, 0.1) is 13.8 Å². The molecule has 0 bridgehead atoms. The Labute approximate surface area is 164 Å². The van der Waals surface area contributed by atoms with Crippen molar-refractivity contribution in [1.82, 2.24) is 10.5 Å². The van der Waals surface area contributed by atoms with E-state index in [0.717, 1.165) is 34.8 Å². The lowest BCUT2D eigenvalue weighted by atomic mass is 10.2. The summed E-state index contributed by atoms with van der Waals surface area (Å²) in [6.07, 6.45) is 1.69. The second-order valence-corrected chi connectivity index (χ2v) is 7.26. The van der Waals surface area contributed by atoms with Gasteiger partial charge in [0, 0.05) is 22.3 Å². The quantitative estimate of drug-likeness (QED) is 0.514. The van der Waals surface area contributed by atoms with Crippen molar-refractivity contribution in [2.75, 3.05) is 6.61 Å². The minimum atomic E-state index is -0.503. The van der Waals surface area contributed by atoms with Crippen molar-refractivity contribution in [2.24, 2.45) is 0 Å². The smallest absolute Gasteiger partial charge is 0.339 e. The van der Waals surface area contributed by atoms with Gasteiger partial charge in [0.05, 0.1) is 11.3 Å². The monoisotopic (exact) mass is 390 g/mol. The summed E-state index contributed by atoms with van der Waals surface area (Å²) in [6.45, 7) is 7.50. The SMILES string of the molecule is CCC(CC)NC(=O)COC(=O)c1ccccc1SCc1c(C)noc1C. The van der Waals surface area contributed by atoms with Gasteiger partial charge in [-0.3, -0.25) is 4.79 Å². The number of hydrogen-bond donors (Lipinski definition) is 1. The van der Waals surface area contributed by atoms with Crippen LogP contribution in [-0.4, -0.2) is 29.7 Å². The molecule has 2 aromatic rings. The first kappa shape index (κ1) is 21.0. The van der Waals surface area contributed by atoms with Gasteiger partial charge in [0.15, 0.2) is 6.61 Å². The predicted molar refractivity (Wildman–Crippen MR) is 105 cm³/mol. The van der Waals surface area contributed by atoms with Crippen LogP contribution in [0.2, 0.25) is 0 Å². The average Bonchev–Trinajstić information content (AvgIpc) is 3.00. The Morgan fingerprint density at radius 2 is 1.93 bits per heavy atom. The highest BCUT2D eigenvalue weighted by Gasteiger charge is 2.17. The lowest BCUT2D eigenvalue weighted by Gasteiger charge is -2.15. The van der Waals surface area contributed by atoms with E-state index in [9.17, 15) is 9.59 Å². The topological polar surface area (TPSA) is 81.4 Å². The zero-order valence-electron chi connectivity index (χ0n) is 16.2. The minimum Gasteiger partial charge on any atom is -0.452 e. The van der Waals surface area contributed by atoms with Crippen LogP contribution in [-0.2, 0) is 15.3 Å². The molecule has 0 radical (unpaired) electrons. The van der Waals surface area contributed by atoms with Crippen LogP contribution in [0.5, 0.6) is 0 Å². The molecule has 0 saturated carbocycles. The molecule has 1 amide bonds. The van der Waals surface area contributed by atoms with Gasteiger partial charge in [0.1, 0.15) is 5.76 Å².